The minimum Gasteiger partial charge on any atom is -0.343 e. The van der Waals surface area contributed by atoms with Gasteiger partial charge in [-0.15, -0.1) is 0 Å². The first-order valence-electron chi connectivity index (χ1n) is 9.39. The normalized spacial score (nSPS) is 15.0. The van der Waals surface area contributed by atoms with Gasteiger partial charge in [-0.3, -0.25) is 14.6 Å². The van der Waals surface area contributed by atoms with Gasteiger partial charge in [0.1, 0.15) is 0 Å². The van der Waals surface area contributed by atoms with E-state index in [-0.39, 0.29) is 11.5 Å². The van der Waals surface area contributed by atoms with E-state index in [1.54, 1.807) is 18.5 Å². The Kier molecular flexibility index (Phi) is 6.15. The highest BCUT2D eigenvalue weighted by atomic mass is 16.2. The van der Waals surface area contributed by atoms with E-state index in [4.69, 9.17) is 0 Å². The largest absolute Gasteiger partial charge is 0.343 e. The summed E-state index contributed by atoms with van der Waals surface area (Å²) in [6.45, 7) is 0.446. The van der Waals surface area contributed by atoms with Crippen molar-refractivity contribution < 1.29 is 4.79 Å². The maximum Gasteiger partial charge on any atom is 0.266 e. The molecule has 1 saturated carbocycles. The highest BCUT2D eigenvalue weighted by Crippen LogP contribution is 2.22. The van der Waals surface area contributed by atoms with Crippen LogP contribution >= 0.6 is 0 Å². The third-order valence-corrected chi connectivity index (χ3v) is 5.12. The van der Waals surface area contributed by atoms with E-state index in [0.29, 0.717) is 25.4 Å². The highest BCUT2D eigenvalue weighted by molar-refractivity contribution is 5.76. The molecule has 2 aromatic heterocycles. The fraction of sp³-hybridized carbons (Fsp3) is 0.500. The van der Waals surface area contributed by atoms with Gasteiger partial charge in [0.2, 0.25) is 5.91 Å². The van der Waals surface area contributed by atoms with Crippen LogP contribution < -0.4 is 5.56 Å². The number of amides is 1. The molecule has 2 heterocycles. The predicted molar refractivity (Wildman–Crippen MR) is 101 cm³/mol. The molecule has 0 saturated heterocycles. The van der Waals surface area contributed by atoms with Crippen LogP contribution in [0, 0.1) is 0 Å². The maximum absolute atomic E-state index is 12.4. The number of aromatic nitrogens is 3. The van der Waals surface area contributed by atoms with Crippen molar-refractivity contribution in [3.05, 3.63) is 47.0 Å². The summed E-state index contributed by atoms with van der Waals surface area (Å²) in [4.78, 5) is 30.4. The highest BCUT2D eigenvalue weighted by Gasteiger charge is 2.21. The molecule has 1 aliphatic rings. The number of nitrogens with zero attached hydrogens (tertiary/aromatic N) is 4. The summed E-state index contributed by atoms with van der Waals surface area (Å²) in [7, 11) is 1.91. The molecule has 1 amide bonds. The van der Waals surface area contributed by atoms with E-state index < -0.39 is 0 Å². The molecule has 0 radical (unpaired) electrons. The predicted octanol–water partition coefficient (Wildman–Crippen LogP) is 2.88. The van der Waals surface area contributed by atoms with E-state index in [0.717, 1.165) is 24.1 Å². The number of rotatable bonds is 6. The molecule has 0 atom stereocenters. The van der Waals surface area contributed by atoms with Gasteiger partial charge >= 0.3 is 0 Å². The zero-order chi connectivity index (χ0) is 18.4. The summed E-state index contributed by atoms with van der Waals surface area (Å²) >= 11 is 0. The van der Waals surface area contributed by atoms with Gasteiger partial charge in [-0.25, -0.2) is 4.68 Å². The Morgan fingerprint density at radius 3 is 2.62 bits per heavy atom. The van der Waals surface area contributed by atoms with E-state index in [1.807, 2.05) is 24.1 Å². The van der Waals surface area contributed by atoms with Crippen LogP contribution in [-0.4, -0.2) is 38.7 Å². The quantitative estimate of drug-likeness (QED) is 0.800. The monoisotopic (exact) mass is 354 g/mol. The van der Waals surface area contributed by atoms with Crippen molar-refractivity contribution in [3.63, 3.8) is 0 Å². The first-order chi connectivity index (χ1) is 12.6. The van der Waals surface area contributed by atoms with Gasteiger partial charge in [-0.05, 0) is 37.5 Å². The minimum atomic E-state index is -0.143. The molecule has 0 aromatic carbocycles. The van der Waals surface area contributed by atoms with Crippen molar-refractivity contribution in [3.8, 4) is 11.3 Å². The Morgan fingerprint density at radius 1 is 1.15 bits per heavy atom. The molecule has 0 aliphatic heterocycles. The molecular weight excluding hydrogens is 328 g/mol. The number of carbonyl (C=O) groups is 1. The van der Waals surface area contributed by atoms with Crippen molar-refractivity contribution in [2.75, 3.05) is 7.05 Å². The smallest absolute Gasteiger partial charge is 0.266 e. The molecule has 0 unspecified atom stereocenters. The second-order valence-corrected chi connectivity index (χ2v) is 6.92. The molecule has 6 heteroatoms. The van der Waals surface area contributed by atoms with E-state index in [9.17, 15) is 9.59 Å². The SMILES string of the molecule is CN(C(=O)CCCn1nc(-c2ccncc2)ccc1=O)C1CCCCC1. The summed E-state index contributed by atoms with van der Waals surface area (Å²) in [6, 6.07) is 7.35. The number of hydrogen-bond acceptors (Lipinski definition) is 4. The van der Waals surface area contributed by atoms with Crippen molar-refractivity contribution in [2.45, 2.75) is 57.5 Å². The van der Waals surface area contributed by atoms with Crippen LogP contribution in [0.4, 0.5) is 0 Å². The lowest BCUT2D eigenvalue weighted by atomic mass is 9.94. The number of aryl methyl sites for hydroxylation is 1. The first kappa shape index (κ1) is 18.3. The Bertz CT molecular complexity index is 782. The molecular formula is C20H26N4O2. The van der Waals surface area contributed by atoms with Crippen LogP contribution in [0.15, 0.2) is 41.5 Å². The fourth-order valence-electron chi connectivity index (χ4n) is 3.51. The Morgan fingerprint density at radius 2 is 1.88 bits per heavy atom. The lowest BCUT2D eigenvalue weighted by Gasteiger charge is -2.31. The number of carbonyl (C=O) groups excluding carboxylic acids is 1. The third kappa shape index (κ3) is 4.56. The van der Waals surface area contributed by atoms with Crippen LogP contribution in [-0.2, 0) is 11.3 Å². The zero-order valence-corrected chi connectivity index (χ0v) is 15.3. The average molecular weight is 354 g/mol. The average Bonchev–Trinajstić information content (AvgIpc) is 2.70. The summed E-state index contributed by atoms with van der Waals surface area (Å²) in [5, 5.41) is 4.43. The molecule has 138 valence electrons. The van der Waals surface area contributed by atoms with Crippen molar-refractivity contribution in [1.29, 1.82) is 0 Å². The molecule has 1 fully saturated rings. The first-order valence-corrected chi connectivity index (χ1v) is 9.39. The van der Waals surface area contributed by atoms with Gasteiger partial charge in [0.05, 0.1) is 5.69 Å². The van der Waals surface area contributed by atoms with Gasteiger partial charge < -0.3 is 4.90 Å². The van der Waals surface area contributed by atoms with Crippen LogP contribution in [0.1, 0.15) is 44.9 Å². The van der Waals surface area contributed by atoms with Gasteiger partial charge in [0, 0.05) is 50.1 Å². The number of hydrogen-bond donors (Lipinski definition) is 0. The lowest BCUT2D eigenvalue weighted by molar-refractivity contribution is -0.132. The number of pyridine rings is 1. The summed E-state index contributed by atoms with van der Waals surface area (Å²) in [5.74, 6) is 0.162. The van der Waals surface area contributed by atoms with E-state index >= 15 is 0 Å². The van der Waals surface area contributed by atoms with Gasteiger partial charge in [-0.1, -0.05) is 19.3 Å². The fourth-order valence-corrected chi connectivity index (χ4v) is 3.51. The Labute approximate surface area is 153 Å². The lowest BCUT2D eigenvalue weighted by Crippen LogP contribution is -2.38. The Hall–Kier alpha value is -2.50. The topological polar surface area (TPSA) is 68.1 Å². The molecule has 3 rings (SSSR count). The zero-order valence-electron chi connectivity index (χ0n) is 15.3. The standard InChI is InChI=1S/C20H26N4O2/c1-23(17-6-3-2-4-7-17)19(25)8-5-15-24-20(26)10-9-18(22-24)16-11-13-21-14-12-16/h9-14,17H,2-8,15H2,1H3. The molecule has 0 bridgehead atoms. The van der Waals surface area contributed by atoms with Gasteiger partial charge in [0.25, 0.3) is 5.56 Å². The Balaban J connectivity index is 1.57. The molecule has 26 heavy (non-hydrogen) atoms. The maximum atomic E-state index is 12.4. The van der Waals surface area contributed by atoms with Crippen LogP contribution in [0.2, 0.25) is 0 Å². The third-order valence-electron chi connectivity index (χ3n) is 5.12. The molecule has 0 spiro atoms. The minimum absolute atomic E-state index is 0.143. The molecule has 0 N–H and O–H groups in total. The summed E-state index contributed by atoms with van der Waals surface area (Å²) in [6.07, 6.45) is 10.4. The van der Waals surface area contributed by atoms with Crippen molar-refractivity contribution >= 4 is 5.91 Å². The molecule has 2 aromatic rings. The second kappa shape index (κ2) is 8.74. The van der Waals surface area contributed by atoms with Crippen LogP contribution in [0.5, 0.6) is 0 Å². The van der Waals surface area contributed by atoms with E-state index in [2.05, 4.69) is 10.1 Å². The van der Waals surface area contributed by atoms with Gasteiger partial charge in [0.15, 0.2) is 0 Å². The molecule has 1 aliphatic carbocycles. The molecule has 6 nitrogen and oxygen atoms in total. The van der Waals surface area contributed by atoms with Crippen molar-refractivity contribution in [2.24, 2.45) is 0 Å². The van der Waals surface area contributed by atoms with Gasteiger partial charge in [-0.2, -0.15) is 5.10 Å². The van der Waals surface area contributed by atoms with Crippen LogP contribution in [0.25, 0.3) is 11.3 Å². The van der Waals surface area contributed by atoms with E-state index in [1.165, 1.54) is 30.0 Å². The summed E-state index contributed by atoms with van der Waals surface area (Å²) in [5.41, 5.74) is 1.51. The van der Waals surface area contributed by atoms with Crippen LogP contribution in [0.3, 0.4) is 0 Å². The van der Waals surface area contributed by atoms with Crippen molar-refractivity contribution in [1.82, 2.24) is 19.7 Å². The summed E-state index contributed by atoms with van der Waals surface area (Å²) < 4.78 is 1.45. The second-order valence-electron chi connectivity index (χ2n) is 6.92.